The van der Waals surface area contributed by atoms with Gasteiger partial charge >= 0.3 is 19.8 Å². The lowest BCUT2D eigenvalue weighted by Gasteiger charge is -2.19. The third-order valence-electron chi connectivity index (χ3n) is 9.25. The highest BCUT2D eigenvalue weighted by Gasteiger charge is 2.39. The zero-order valence-corrected chi connectivity index (χ0v) is 31.9. The maximum absolute atomic E-state index is 12.4. The maximum Gasteiger partial charge on any atom is 0.469 e. The Hall–Kier alpha value is -1.59. The number of allylic oxidation sites excluding steroid dienone is 1. The standard InChI is InChI=1S/C38H69O11P/c1-4-5-15-21-31(39)25-26-34-33(35(40)27-36(34)41)22-18-19-23-37(42)47-28-32(29-48-50(44,45)46)49-38(43)24-17-14-12-10-8-6-7-9-11-13-16-20-30(2)3/h18-19,25-26,30-36,39-41H,4-17,20-24,27-29H2,1-3H3,(H2,44,45,46)/b19-18-,26-25+/t31-,32-,33+,34-,35+,36-/m1/s1. The van der Waals surface area contributed by atoms with Gasteiger partial charge in [0.05, 0.1) is 31.3 Å². The van der Waals surface area contributed by atoms with Crippen LogP contribution >= 0.6 is 7.82 Å². The van der Waals surface area contributed by atoms with E-state index >= 15 is 0 Å². The van der Waals surface area contributed by atoms with Crippen LogP contribution in [-0.2, 0) is 28.2 Å². The van der Waals surface area contributed by atoms with Crippen LogP contribution in [-0.4, -0.2) is 74.7 Å². The highest BCUT2D eigenvalue weighted by molar-refractivity contribution is 7.46. The summed E-state index contributed by atoms with van der Waals surface area (Å²) in [6.07, 6.45) is 21.8. The van der Waals surface area contributed by atoms with Gasteiger partial charge in [0, 0.05) is 18.8 Å². The average Bonchev–Trinajstić information content (AvgIpc) is 3.32. The topological polar surface area (TPSA) is 180 Å². The molecule has 6 atom stereocenters. The minimum absolute atomic E-state index is 0.111. The molecular weight excluding hydrogens is 663 g/mol. The number of ether oxygens (including phenoxy) is 2. The summed E-state index contributed by atoms with van der Waals surface area (Å²) in [6.45, 7) is 5.59. The van der Waals surface area contributed by atoms with Crippen molar-refractivity contribution >= 4 is 19.8 Å². The van der Waals surface area contributed by atoms with E-state index in [2.05, 4.69) is 25.3 Å². The minimum atomic E-state index is -4.83. The summed E-state index contributed by atoms with van der Waals surface area (Å²) >= 11 is 0. The van der Waals surface area contributed by atoms with Crippen LogP contribution in [0.2, 0.25) is 0 Å². The van der Waals surface area contributed by atoms with Crippen molar-refractivity contribution in [3.8, 4) is 0 Å². The molecule has 0 aromatic rings. The van der Waals surface area contributed by atoms with E-state index < -0.39 is 57.4 Å². The Labute approximate surface area is 301 Å². The second kappa shape index (κ2) is 28.0. The highest BCUT2D eigenvalue weighted by Crippen LogP contribution is 2.37. The van der Waals surface area contributed by atoms with Crippen LogP contribution in [0.5, 0.6) is 0 Å². The summed E-state index contributed by atoms with van der Waals surface area (Å²) in [5, 5.41) is 31.1. The van der Waals surface area contributed by atoms with Crippen molar-refractivity contribution in [2.24, 2.45) is 17.8 Å². The maximum atomic E-state index is 12.4. The number of aliphatic hydroxyl groups is 3. The molecule has 1 rings (SSSR count). The first-order chi connectivity index (χ1) is 23.8. The molecule has 50 heavy (non-hydrogen) atoms. The Bertz CT molecular complexity index is 995. The third kappa shape index (κ3) is 24.6. The Morgan fingerprint density at radius 1 is 0.800 bits per heavy atom. The Morgan fingerprint density at radius 2 is 1.40 bits per heavy atom. The monoisotopic (exact) mass is 732 g/mol. The predicted molar refractivity (Wildman–Crippen MR) is 195 cm³/mol. The van der Waals surface area contributed by atoms with Crippen LogP contribution in [0.25, 0.3) is 0 Å². The number of rotatable bonds is 30. The number of aliphatic hydroxyl groups excluding tert-OH is 3. The van der Waals surface area contributed by atoms with Crippen LogP contribution in [0.4, 0.5) is 0 Å². The summed E-state index contributed by atoms with van der Waals surface area (Å²) in [6, 6.07) is 0. The number of phosphoric ester groups is 1. The highest BCUT2D eigenvalue weighted by atomic mass is 31.2. The molecular formula is C38H69O11P. The fourth-order valence-corrected chi connectivity index (χ4v) is 6.65. The van der Waals surface area contributed by atoms with Crippen molar-refractivity contribution in [3.63, 3.8) is 0 Å². The molecule has 0 amide bonds. The van der Waals surface area contributed by atoms with E-state index in [0.29, 0.717) is 19.3 Å². The lowest BCUT2D eigenvalue weighted by molar-refractivity contribution is -0.160. The number of hydrogen-bond acceptors (Lipinski definition) is 9. The fraction of sp³-hybridized carbons (Fsp3) is 0.842. The second-order valence-electron chi connectivity index (χ2n) is 14.4. The number of hydrogen-bond donors (Lipinski definition) is 5. The van der Waals surface area contributed by atoms with Gasteiger partial charge in [-0.1, -0.05) is 135 Å². The number of phosphoric acid groups is 1. The zero-order chi connectivity index (χ0) is 37.2. The van der Waals surface area contributed by atoms with Crippen LogP contribution in [0.1, 0.15) is 149 Å². The molecule has 11 nitrogen and oxygen atoms in total. The van der Waals surface area contributed by atoms with E-state index in [0.717, 1.165) is 44.4 Å². The van der Waals surface area contributed by atoms with Gasteiger partial charge < -0.3 is 34.6 Å². The van der Waals surface area contributed by atoms with E-state index in [1.807, 2.05) is 0 Å². The summed E-state index contributed by atoms with van der Waals surface area (Å²) in [4.78, 5) is 43.0. The van der Waals surface area contributed by atoms with E-state index in [4.69, 9.17) is 19.3 Å². The van der Waals surface area contributed by atoms with Gasteiger partial charge in [0.2, 0.25) is 0 Å². The Balaban J connectivity index is 2.38. The molecule has 0 radical (unpaired) electrons. The molecule has 0 aliphatic heterocycles. The van der Waals surface area contributed by atoms with Gasteiger partial charge in [0.25, 0.3) is 0 Å². The molecule has 1 aliphatic rings. The lowest BCUT2D eigenvalue weighted by Crippen LogP contribution is -2.29. The van der Waals surface area contributed by atoms with Crippen LogP contribution in [0.3, 0.4) is 0 Å². The number of carbonyl (C=O) groups excluding carboxylic acids is 2. The normalized spacial score (nSPS) is 21.0. The minimum Gasteiger partial charge on any atom is -0.461 e. The first-order valence-electron chi connectivity index (χ1n) is 19.2. The first-order valence-corrected chi connectivity index (χ1v) is 20.8. The van der Waals surface area contributed by atoms with Crippen molar-refractivity contribution in [2.45, 2.75) is 174 Å². The van der Waals surface area contributed by atoms with E-state index in [9.17, 15) is 29.5 Å². The van der Waals surface area contributed by atoms with E-state index in [-0.39, 0.29) is 31.1 Å². The summed E-state index contributed by atoms with van der Waals surface area (Å²) in [5.41, 5.74) is 0. The van der Waals surface area contributed by atoms with Gasteiger partial charge in [-0.2, -0.15) is 0 Å². The second-order valence-corrected chi connectivity index (χ2v) is 15.6. The quantitative estimate of drug-likeness (QED) is 0.0214. The largest absolute Gasteiger partial charge is 0.469 e. The molecule has 0 heterocycles. The molecule has 0 unspecified atom stereocenters. The average molecular weight is 733 g/mol. The van der Waals surface area contributed by atoms with E-state index in [1.54, 1.807) is 24.3 Å². The van der Waals surface area contributed by atoms with Crippen molar-refractivity contribution in [1.29, 1.82) is 0 Å². The number of esters is 2. The number of carbonyl (C=O) groups is 2. The molecule has 0 aromatic carbocycles. The van der Waals surface area contributed by atoms with Crippen LogP contribution in [0.15, 0.2) is 24.3 Å². The first kappa shape index (κ1) is 46.4. The summed E-state index contributed by atoms with van der Waals surface area (Å²) in [7, 11) is -4.83. The molecule has 0 spiro atoms. The van der Waals surface area contributed by atoms with Crippen molar-refractivity contribution < 1.29 is 53.3 Å². The number of unbranched alkanes of at least 4 members (excludes halogenated alkanes) is 12. The molecule has 0 saturated heterocycles. The van der Waals surface area contributed by atoms with Gasteiger partial charge in [-0.05, 0) is 31.1 Å². The van der Waals surface area contributed by atoms with Crippen LogP contribution < -0.4 is 0 Å². The predicted octanol–water partition coefficient (Wildman–Crippen LogP) is 7.47. The van der Waals surface area contributed by atoms with E-state index in [1.165, 1.54) is 51.4 Å². The van der Waals surface area contributed by atoms with Gasteiger partial charge in [0.1, 0.15) is 6.61 Å². The third-order valence-corrected chi connectivity index (χ3v) is 9.74. The van der Waals surface area contributed by atoms with Crippen LogP contribution in [0, 0.1) is 17.8 Å². The Morgan fingerprint density at radius 3 is 2.00 bits per heavy atom. The van der Waals surface area contributed by atoms with Crippen molar-refractivity contribution in [1.82, 2.24) is 0 Å². The molecule has 12 heteroatoms. The van der Waals surface area contributed by atoms with Gasteiger partial charge in [-0.25, -0.2) is 4.57 Å². The fourth-order valence-electron chi connectivity index (χ4n) is 6.29. The van der Waals surface area contributed by atoms with Gasteiger partial charge in [-0.15, -0.1) is 0 Å². The summed E-state index contributed by atoms with van der Waals surface area (Å²) < 4.78 is 26.3. The van der Waals surface area contributed by atoms with Crippen molar-refractivity contribution in [2.75, 3.05) is 13.2 Å². The lowest BCUT2D eigenvalue weighted by atomic mass is 9.89. The van der Waals surface area contributed by atoms with Gasteiger partial charge in [-0.3, -0.25) is 14.1 Å². The SMILES string of the molecule is CCCCC[C@@H](O)/C=C/[C@@H]1[C@H](C/C=C\CC(=O)OC[C@H](COP(=O)(O)O)OC(=O)CCCCCCCCCCCCCC(C)C)[C@@H](O)C[C@H]1O. The molecule has 0 bridgehead atoms. The smallest absolute Gasteiger partial charge is 0.461 e. The molecule has 5 N–H and O–H groups in total. The van der Waals surface area contributed by atoms with Crippen molar-refractivity contribution in [3.05, 3.63) is 24.3 Å². The summed E-state index contributed by atoms with van der Waals surface area (Å²) in [5.74, 6) is -0.994. The van der Waals surface area contributed by atoms with Gasteiger partial charge in [0.15, 0.2) is 6.10 Å². The molecule has 1 aliphatic carbocycles. The molecule has 1 saturated carbocycles. The zero-order valence-electron chi connectivity index (χ0n) is 31.0. The Kier molecular flexibility index (Phi) is 26.0. The molecule has 0 aromatic heterocycles. The molecule has 292 valence electrons. The molecule has 1 fully saturated rings.